The number of tetrazole rings is 1. The van der Waals surface area contributed by atoms with Crippen molar-refractivity contribution < 1.29 is 14.3 Å². The van der Waals surface area contributed by atoms with Gasteiger partial charge in [-0.1, -0.05) is 25.1 Å². The van der Waals surface area contributed by atoms with Crippen LogP contribution in [0.25, 0.3) is 10.9 Å². The summed E-state index contributed by atoms with van der Waals surface area (Å²) in [6.45, 7) is 7.81. The molecular weight excluding hydrogens is 436 g/mol. The number of rotatable bonds is 10. The highest BCUT2D eigenvalue weighted by Gasteiger charge is 2.30. The molecule has 2 aromatic heterocycles. The maximum Gasteiger partial charge on any atom is 0.327 e. The molecule has 0 spiro atoms. The molecule has 1 aromatic carbocycles. The third kappa shape index (κ3) is 5.34. The van der Waals surface area contributed by atoms with E-state index in [1.54, 1.807) is 6.92 Å². The van der Waals surface area contributed by atoms with Crippen LogP contribution in [0.3, 0.4) is 0 Å². The van der Waals surface area contributed by atoms with Crippen LogP contribution in [0.15, 0.2) is 29.1 Å². The number of para-hydroxylation sites is 1. The fraction of sp³-hybridized carbons (Fsp3) is 0.542. The monoisotopic (exact) mass is 468 g/mol. The van der Waals surface area contributed by atoms with Gasteiger partial charge in [0, 0.05) is 25.3 Å². The van der Waals surface area contributed by atoms with Crippen LogP contribution in [-0.4, -0.2) is 61.9 Å². The Labute approximate surface area is 198 Å². The van der Waals surface area contributed by atoms with Gasteiger partial charge < -0.3 is 14.5 Å². The van der Waals surface area contributed by atoms with Crippen LogP contribution < -0.4 is 5.56 Å². The normalized spacial score (nSPS) is 16.9. The van der Waals surface area contributed by atoms with Crippen molar-refractivity contribution in [1.29, 1.82) is 0 Å². The molecule has 0 radical (unpaired) electrons. The number of ether oxygens (including phenoxy) is 2. The summed E-state index contributed by atoms with van der Waals surface area (Å²) in [6, 6.07) is 7.73. The van der Waals surface area contributed by atoms with E-state index in [1.165, 1.54) is 4.68 Å². The number of H-pyrrole nitrogens is 1. The van der Waals surface area contributed by atoms with Gasteiger partial charge in [0.25, 0.3) is 5.56 Å². The minimum Gasteiger partial charge on any atom is -0.465 e. The number of esters is 1. The fourth-order valence-corrected chi connectivity index (χ4v) is 4.61. The van der Waals surface area contributed by atoms with Gasteiger partial charge in [-0.15, -0.1) is 5.10 Å². The molecule has 1 N–H and O–H groups in total. The van der Waals surface area contributed by atoms with E-state index < -0.39 is 5.97 Å². The summed E-state index contributed by atoms with van der Waals surface area (Å²) in [5, 5.41) is 13.1. The van der Waals surface area contributed by atoms with E-state index in [9.17, 15) is 9.59 Å². The van der Waals surface area contributed by atoms with E-state index in [0.717, 1.165) is 35.9 Å². The molecule has 10 heteroatoms. The van der Waals surface area contributed by atoms with Gasteiger partial charge in [0.2, 0.25) is 0 Å². The lowest BCUT2D eigenvalue weighted by Gasteiger charge is -2.32. The Hall–Kier alpha value is -3.11. The molecule has 0 amide bonds. The van der Waals surface area contributed by atoms with Crippen molar-refractivity contribution in [3.05, 3.63) is 51.6 Å². The number of fused-ring (bicyclic) bond motifs is 1. The van der Waals surface area contributed by atoms with Crippen molar-refractivity contribution in [2.24, 2.45) is 0 Å². The average molecular weight is 469 g/mol. The maximum atomic E-state index is 13.0. The first-order chi connectivity index (χ1) is 16.5. The van der Waals surface area contributed by atoms with Gasteiger partial charge >= 0.3 is 5.97 Å². The standard InChI is InChI=1S/C24H32N6O4/c1-4-20(23-26-27-28-30(23)15-21(31)33-5-2)29(14-19-10-7-11-34-19)13-18-12-17-9-6-8-16(3)22(17)25-24(18)32/h6,8-9,12,19-20H,4-5,7,10-11,13-15H2,1-3H3,(H,25,32). The Morgan fingerprint density at radius 2 is 2.24 bits per heavy atom. The summed E-state index contributed by atoms with van der Waals surface area (Å²) in [5.74, 6) is 0.180. The third-order valence-corrected chi connectivity index (χ3v) is 6.27. The van der Waals surface area contributed by atoms with Crippen molar-refractivity contribution >= 4 is 16.9 Å². The van der Waals surface area contributed by atoms with Crippen LogP contribution in [0.2, 0.25) is 0 Å². The smallest absolute Gasteiger partial charge is 0.327 e. The van der Waals surface area contributed by atoms with E-state index in [1.807, 2.05) is 38.1 Å². The molecule has 34 heavy (non-hydrogen) atoms. The number of carbonyl (C=O) groups excluding carboxylic acids is 1. The number of nitrogens with zero attached hydrogens (tertiary/aromatic N) is 5. The molecule has 182 valence electrons. The van der Waals surface area contributed by atoms with E-state index in [4.69, 9.17) is 9.47 Å². The molecule has 1 saturated heterocycles. The van der Waals surface area contributed by atoms with E-state index >= 15 is 0 Å². The predicted octanol–water partition coefficient (Wildman–Crippen LogP) is 2.52. The number of benzene rings is 1. The summed E-state index contributed by atoms with van der Waals surface area (Å²) in [5.41, 5.74) is 2.44. The van der Waals surface area contributed by atoms with Crippen LogP contribution in [0.4, 0.5) is 0 Å². The summed E-state index contributed by atoms with van der Waals surface area (Å²) < 4.78 is 12.5. The molecule has 3 heterocycles. The first-order valence-corrected chi connectivity index (χ1v) is 11.9. The van der Waals surface area contributed by atoms with Crippen molar-refractivity contribution in [2.45, 2.75) is 65.3 Å². The third-order valence-electron chi connectivity index (χ3n) is 6.27. The van der Waals surface area contributed by atoms with Crippen LogP contribution in [0, 0.1) is 6.92 Å². The van der Waals surface area contributed by atoms with E-state index in [2.05, 4.69) is 25.4 Å². The largest absolute Gasteiger partial charge is 0.465 e. The number of aromatic nitrogens is 5. The Morgan fingerprint density at radius 1 is 1.38 bits per heavy atom. The highest BCUT2D eigenvalue weighted by Crippen LogP contribution is 2.27. The lowest BCUT2D eigenvalue weighted by molar-refractivity contribution is -0.144. The summed E-state index contributed by atoms with van der Waals surface area (Å²) in [4.78, 5) is 30.4. The minimum absolute atomic E-state index is 0.0592. The van der Waals surface area contributed by atoms with Crippen LogP contribution in [0.5, 0.6) is 0 Å². The quantitative estimate of drug-likeness (QED) is 0.451. The zero-order chi connectivity index (χ0) is 24.1. The van der Waals surface area contributed by atoms with Crippen LogP contribution in [-0.2, 0) is 27.4 Å². The molecule has 2 unspecified atom stereocenters. The minimum atomic E-state index is -0.391. The van der Waals surface area contributed by atoms with Gasteiger partial charge in [0.15, 0.2) is 5.82 Å². The zero-order valence-electron chi connectivity index (χ0n) is 20.0. The van der Waals surface area contributed by atoms with E-state index in [-0.39, 0.29) is 24.2 Å². The topological polar surface area (TPSA) is 115 Å². The van der Waals surface area contributed by atoms with Crippen LogP contribution >= 0.6 is 0 Å². The maximum absolute atomic E-state index is 13.0. The predicted molar refractivity (Wildman–Crippen MR) is 126 cm³/mol. The first-order valence-electron chi connectivity index (χ1n) is 11.9. The van der Waals surface area contributed by atoms with Gasteiger partial charge in [0.05, 0.1) is 24.3 Å². The summed E-state index contributed by atoms with van der Waals surface area (Å²) in [6.07, 6.45) is 2.76. The number of pyridine rings is 1. The van der Waals surface area contributed by atoms with Gasteiger partial charge in [-0.2, -0.15) is 0 Å². The molecule has 0 aliphatic carbocycles. The van der Waals surface area contributed by atoms with Gasteiger partial charge in [-0.05, 0) is 60.6 Å². The fourth-order valence-electron chi connectivity index (χ4n) is 4.61. The number of aryl methyl sites for hydroxylation is 1. The molecule has 1 fully saturated rings. The molecule has 1 aliphatic rings. The zero-order valence-corrected chi connectivity index (χ0v) is 20.0. The second-order valence-corrected chi connectivity index (χ2v) is 8.65. The van der Waals surface area contributed by atoms with E-state index in [0.29, 0.717) is 37.5 Å². The molecule has 1 aliphatic heterocycles. The van der Waals surface area contributed by atoms with Crippen molar-refractivity contribution in [2.75, 3.05) is 19.8 Å². The SMILES string of the molecule is CCOC(=O)Cn1nnnc1C(CC)N(Cc1cc2cccc(C)c2[nH]c1=O)CC1CCCO1. The number of hydrogen-bond acceptors (Lipinski definition) is 8. The van der Waals surface area contributed by atoms with Gasteiger partial charge in [0.1, 0.15) is 6.54 Å². The second kappa shape index (κ2) is 10.9. The lowest BCUT2D eigenvalue weighted by atomic mass is 10.1. The number of carbonyl (C=O) groups is 1. The Balaban J connectivity index is 1.67. The summed E-state index contributed by atoms with van der Waals surface area (Å²) >= 11 is 0. The molecule has 4 rings (SSSR count). The number of aromatic amines is 1. The van der Waals surface area contributed by atoms with Gasteiger partial charge in [-0.3, -0.25) is 14.5 Å². The van der Waals surface area contributed by atoms with Crippen LogP contribution in [0.1, 0.15) is 56.1 Å². The first kappa shape index (κ1) is 24.0. The summed E-state index contributed by atoms with van der Waals surface area (Å²) in [7, 11) is 0. The highest BCUT2D eigenvalue weighted by atomic mass is 16.5. The number of nitrogens with one attached hydrogen (secondary N) is 1. The molecule has 10 nitrogen and oxygen atoms in total. The Kier molecular flexibility index (Phi) is 7.69. The van der Waals surface area contributed by atoms with Gasteiger partial charge in [-0.25, -0.2) is 4.68 Å². The molecular formula is C24H32N6O4. The number of hydrogen-bond donors (Lipinski definition) is 1. The average Bonchev–Trinajstić information content (AvgIpc) is 3.48. The molecule has 0 saturated carbocycles. The highest BCUT2D eigenvalue weighted by molar-refractivity contribution is 5.81. The Morgan fingerprint density at radius 3 is 2.97 bits per heavy atom. The second-order valence-electron chi connectivity index (χ2n) is 8.65. The Bertz CT molecular complexity index is 1180. The van der Waals surface area contributed by atoms with Crippen molar-refractivity contribution in [1.82, 2.24) is 30.1 Å². The molecule has 2 atom stereocenters. The van der Waals surface area contributed by atoms with Crippen molar-refractivity contribution in [3.8, 4) is 0 Å². The molecule has 0 bridgehead atoms. The van der Waals surface area contributed by atoms with Crippen molar-refractivity contribution in [3.63, 3.8) is 0 Å². The lowest BCUT2D eigenvalue weighted by Crippen LogP contribution is -2.38. The molecule has 3 aromatic rings.